The summed E-state index contributed by atoms with van der Waals surface area (Å²) in [4.78, 5) is 0. The Morgan fingerprint density at radius 3 is 2.55 bits per heavy atom. The number of aryl methyl sites for hydroxylation is 1. The van der Waals surface area contributed by atoms with Gasteiger partial charge in [0.15, 0.2) is 0 Å². The van der Waals surface area contributed by atoms with Crippen LogP contribution in [-0.4, -0.2) is 0 Å². The second-order valence-electron chi connectivity index (χ2n) is 5.82. The van der Waals surface area contributed by atoms with Gasteiger partial charge in [-0.1, -0.05) is 56.0 Å². The number of rotatable bonds is 1. The zero-order valence-corrected chi connectivity index (χ0v) is 12.7. The van der Waals surface area contributed by atoms with Crippen LogP contribution in [0.1, 0.15) is 49.8 Å². The normalized spacial score (nSPS) is 25.2. The van der Waals surface area contributed by atoms with Crippen LogP contribution in [0.15, 0.2) is 36.4 Å². The van der Waals surface area contributed by atoms with Gasteiger partial charge in [0.25, 0.3) is 0 Å². The molecule has 0 radical (unpaired) electrons. The minimum atomic E-state index is 0.0465. The van der Waals surface area contributed by atoms with Crippen molar-refractivity contribution in [3.63, 3.8) is 0 Å². The van der Waals surface area contributed by atoms with Gasteiger partial charge in [-0.2, -0.15) is 0 Å². The smallest absolute Gasteiger partial charge is 0.0717 e. The molecule has 1 aromatic rings. The fourth-order valence-corrected chi connectivity index (χ4v) is 2.89. The minimum absolute atomic E-state index is 0.0465. The van der Waals surface area contributed by atoms with E-state index in [0.29, 0.717) is 0 Å². The van der Waals surface area contributed by atoms with E-state index in [-0.39, 0.29) is 5.41 Å². The van der Waals surface area contributed by atoms with Crippen LogP contribution in [0.5, 0.6) is 0 Å². The van der Waals surface area contributed by atoms with Crippen LogP contribution in [0.3, 0.4) is 0 Å². The zero-order chi connectivity index (χ0) is 14.2. The Kier molecular flexibility index (Phi) is 3.30. The molecule has 4 rings (SSSR count). The molecule has 3 aliphatic carbocycles. The monoisotopic (exact) mass is 262 g/mol. The highest BCUT2D eigenvalue weighted by Gasteiger charge is 2.35. The lowest BCUT2D eigenvalue weighted by atomic mass is 9.75. The topological polar surface area (TPSA) is 0 Å². The first-order valence-electron chi connectivity index (χ1n) is 7.80. The van der Waals surface area contributed by atoms with Crippen molar-refractivity contribution in [2.45, 2.75) is 40.0 Å². The molecular weight excluding hydrogens is 240 g/mol. The Morgan fingerprint density at radius 1 is 1.20 bits per heavy atom. The van der Waals surface area contributed by atoms with E-state index in [2.05, 4.69) is 55.2 Å². The van der Waals surface area contributed by atoms with Gasteiger partial charge in [-0.15, -0.1) is 0 Å². The molecule has 0 saturated heterocycles. The van der Waals surface area contributed by atoms with Crippen LogP contribution >= 0.6 is 0 Å². The van der Waals surface area contributed by atoms with Crippen molar-refractivity contribution in [1.82, 2.24) is 0 Å². The Bertz CT molecular complexity index is 644. The summed E-state index contributed by atoms with van der Waals surface area (Å²) in [5.41, 5.74) is 5.49. The van der Waals surface area contributed by atoms with E-state index in [0.717, 1.165) is 12.3 Å². The van der Waals surface area contributed by atoms with Crippen LogP contribution < -0.4 is 0 Å². The fraction of sp³-hybridized carbons (Fsp3) is 0.400. The van der Waals surface area contributed by atoms with E-state index in [9.17, 15) is 0 Å². The first-order chi connectivity index (χ1) is 9.76. The lowest BCUT2D eigenvalue weighted by molar-refractivity contribution is 0.608. The van der Waals surface area contributed by atoms with Crippen LogP contribution in [0.4, 0.5) is 0 Å². The highest BCUT2D eigenvalue weighted by Crippen LogP contribution is 2.48. The molecule has 3 aliphatic rings. The van der Waals surface area contributed by atoms with Crippen LogP contribution in [0.25, 0.3) is 5.57 Å². The third-order valence-corrected chi connectivity index (χ3v) is 4.22. The molecule has 0 aliphatic heterocycles. The summed E-state index contributed by atoms with van der Waals surface area (Å²) in [5.74, 6) is 7.67. The highest BCUT2D eigenvalue weighted by atomic mass is 14.4. The van der Waals surface area contributed by atoms with Gasteiger partial charge in [-0.25, -0.2) is 0 Å². The molecule has 1 fully saturated rings. The van der Waals surface area contributed by atoms with Gasteiger partial charge in [0, 0.05) is 5.56 Å². The third kappa shape index (κ3) is 2.22. The molecule has 0 amide bonds. The Morgan fingerprint density at radius 2 is 1.95 bits per heavy atom. The molecule has 0 heteroatoms. The summed E-state index contributed by atoms with van der Waals surface area (Å²) in [6.45, 7) is 6.15. The Hall–Kier alpha value is -1.74. The van der Waals surface area contributed by atoms with Gasteiger partial charge in [0.2, 0.25) is 0 Å². The van der Waals surface area contributed by atoms with Crippen molar-refractivity contribution in [1.29, 1.82) is 0 Å². The number of benzene rings is 1. The van der Waals surface area contributed by atoms with Crippen molar-refractivity contribution < 1.29 is 0 Å². The molecule has 0 aromatic heterocycles. The first kappa shape index (κ1) is 13.3. The molecule has 1 spiro atoms. The quantitative estimate of drug-likeness (QED) is 0.486. The van der Waals surface area contributed by atoms with Gasteiger partial charge < -0.3 is 0 Å². The van der Waals surface area contributed by atoms with Gasteiger partial charge in [-0.3, -0.25) is 0 Å². The number of hydrogen-bond donors (Lipinski definition) is 0. The van der Waals surface area contributed by atoms with Gasteiger partial charge in [-0.05, 0) is 54.9 Å². The van der Waals surface area contributed by atoms with Crippen molar-refractivity contribution in [3.05, 3.63) is 53.1 Å². The summed E-state index contributed by atoms with van der Waals surface area (Å²) in [6, 6.07) is 6.72. The van der Waals surface area contributed by atoms with Crippen molar-refractivity contribution in [2.75, 3.05) is 0 Å². The van der Waals surface area contributed by atoms with Gasteiger partial charge in [0.05, 0.1) is 5.41 Å². The standard InChI is InChI=1S/C18H16.C2H6/c1-13-3-6-16-15(11-13)7-10-18(8-2-9-18)12-17(16)14-4-5-14;1-2/h2-3,6,8,11-12,14H,4-5,9H2,1H3;1-2H3. The Labute approximate surface area is 122 Å². The van der Waals surface area contributed by atoms with Crippen LogP contribution in [0.2, 0.25) is 0 Å². The summed E-state index contributed by atoms with van der Waals surface area (Å²) in [5, 5.41) is 0. The summed E-state index contributed by atoms with van der Waals surface area (Å²) in [6.07, 6.45) is 10.7. The van der Waals surface area contributed by atoms with Gasteiger partial charge in [0.1, 0.15) is 0 Å². The molecule has 102 valence electrons. The number of allylic oxidation sites excluding steroid dienone is 4. The van der Waals surface area contributed by atoms with E-state index in [1.807, 2.05) is 13.8 Å². The lowest BCUT2D eigenvalue weighted by Crippen LogP contribution is -2.18. The summed E-state index contributed by atoms with van der Waals surface area (Å²) in [7, 11) is 0. The molecule has 1 unspecified atom stereocenters. The van der Waals surface area contributed by atoms with Crippen LogP contribution in [-0.2, 0) is 0 Å². The average molecular weight is 262 g/mol. The second kappa shape index (κ2) is 4.98. The van der Waals surface area contributed by atoms with Crippen LogP contribution in [0, 0.1) is 30.1 Å². The van der Waals surface area contributed by atoms with Crippen molar-refractivity contribution in [3.8, 4) is 11.8 Å². The van der Waals surface area contributed by atoms with Crippen molar-refractivity contribution >= 4 is 5.57 Å². The molecule has 1 aromatic carbocycles. The van der Waals surface area contributed by atoms with Crippen molar-refractivity contribution in [2.24, 2.45) is 11.3 Å². The second-order valence-corrected chi connectivity index (χ2v) is 5.82. The maximum Gasteiger partial charge on any atom is 0.0717 e. The van der Waals surface area contributed by atoms with E-state index < -0.39 is 0 Å². The highest BCUT2D eigenvalue weighted by molar-refractivity contribution is 5.77. The predicted molar refractivity (Wildman–Crippen MR) is 86.3 cm³/mol. The molecule has 0 bridgehead atoms. The van der Waals surface area contributed by atoms with Gasteiger partial charge >= 0.3 is 0 Å². The number of hydrogen-bond acceptors (Lipinski definition) is 0. The molecule has 1 atom stereocenters. The largest absolute Gasteiger partial charge is 0.0846 e. The predicted octanol–water partition coefficient (Wildman–Crippen LogP) is 5.13. The van der Waals surface area contributed by atoms with E-state index in [1.54, 1.807) is 0 Å². The molecule has 20 heavy (non-hydrogen) atoms. The SMILES string of the molecule is CC.Cc1ccc2c(c1)C#CC1(C=CC1)C=C2C1CC1. The summed E-state index contributed by atoms with van der Waals surface area (Å²) >= 11 is 0. The maximum absolute atomic E-state index is 3.48. The fourth-order valence-electron chi connectivity index (χ4n) is 2.89. The minimum Gasteiger partial charge on any atom is -0.0846 e. The molecule has 1 saturated carbocycles. The molecular formula is C20H22. The average Bonchev–Trinajstić information content (AvgIpc) is 3.24. The lowest BCUT2D eigenvalue weighted by Gasteiger charge is -2.27. The number of fused-ring (bicyclic) bond motifs is 1. The third-order valence-electron chi connectivity index (χ3n) is 4.22. The van der Waals surface area contributed by atoms with E-state index >= 15 is 0 Å². The summed E-state index contributed by atoms with van der Waals surface area (Å²) < 4.78 is 0. The first-order valence-corrected chi connectivity index (χ1v) is 7.80. The Balaban J connectivity index is 0.000000581. The zero-order valence-electron chi connectivity index (χ0n) is 12.7. The van der Waals surface area contributed by atoms with E-state index in [1.165, 1.54) is 35.1 Å². The molecule has 0 N–H and O–H groups in total. The maximum atomic E-state index is 3.48. The molecule has 0 nitrogen and oxygen atoms in total. The van der Waals surface area contributed by atoms with E-state index in [4.69, 9.17) is 0 Å². The molecule has 0 heterocycles.